The van der Waals surface area contributed by atoms with E-state index in [-0.39, 0.29) is 0 Å². The summed E-state index contributed by atoms with van der Waals surface area (Å²) in [6.07, 6.45) is 0. The number of furan rings is 1. The molecule has 1 aliphatic carbocycles. The molecule has 1 aliphatic rings. The second-order valence-electron chi connectivity index (χ2n) is 16.0. The number of hydrogen-bond acceptors (Lipinski definition) is 3. The van der Waals surface area contributed by atoms with Crippen molar-refractivity contribution in [3.63, 3.8) is 0 Å². The third kappa shape index (κ3) is 5.74. The molecule has 0 N–H and O–H groups in total. The van der Waals surface area contributed by atoms with Crippen molar-refractivity contribution in [2.45, 2.75) is 5.41 Å². The molecule has 0 radical (unpaired) electrons. The fourth-order valence-electron chi connectivity index (χ4n) is 9.79. The lowest BCUT2D eigenvalue weighted by Crippen LogP contribution is -2.29. The molecule has 9 aromatic carbocycles. The molecule has 0 amide bonds. The molecule has 0 atom stereocenters. The molecule has 12 rings (SSSR count). The van der Waals surface area contributed by atoms with E-state index in [9.17, 15) is 0 Å². The molecule has 0 spiro atoms. The molecule has 0 aliphatic heterocycles. The van der Waals surface area contributed by atoms with Gasteiger partial charge in [-0.25, -0.2) is 9.97 Å². The summed E-state index contributed by atoms with van der Waals surface area (Å²) in [5.41, 5.74) is 18.3. The lowest BCUT2D eigenvalue weighted by molar-refractivity contribution is 0.669. The number of para-hydroxylation sites is 1. The van der Waals surface area contributed by atoms with Crippen molar-refractivity contribution in [3.8, 4) is 67.3 Å². The topological polar surface area (TPSA) is 38.9 Å². The Morgan fingerprint density at radius 3 is 1.53 bits per heavy atom. The van der Waals surface area contributed by atoms with Crippen molar-refractivity contribution in [3.05, 3.63) is 253 Å². The zero-order valence-corrected chi connectivity index (χ0v) is 33.7. The van der Waals surface area contributed by atoms with E-state index in [0.717, 1.165) is 66.7 Å². The monoisotopic (exact) mass is 790 g/mol. The number of hydrogen-bond donors (Lipinski definition) is 0. The largest absolute Gasteiger partial charge is 0.456 e. The highest BCUT2D eigenvalue weighted by Gasteiger charge is 2.46. The summed E-state index contributed by atoms with van der Waals surface area (Å²) in [4.78, 5) is 10.4. The molecule has 2 aromatic heterocycles. The molecule has 0 unspecified atom stereocenters. The minimum absolute atomic E-state index is 0.498. The summed E-state index contributed by atoms with van der Waals surface area (Å²) in [6.45, 7) is 0. The van der Waals surface area contributed by atoms with Crippen molar-refractivity contribution in [1.29, 1.82) is 0 Å². The predicted octanol–water partition coefficient (Wildman–Crippen LogP) is 15.1. The van der Waals surface area contributed by atoms with Gasteiger partial charge in [0.25, 0.3) is 0 Å². The van der Waals surface area contributed by atoms with Gasteiger partial charge in [0.1, 0.15) is 11.2 Å². The molecule has 2 heterocycles. The Labute approximate surface area is 360 Å². The van der Waals surface area contributed by atoms with Gasteiger partial charge in [0, 0.05) is 27.5 Å². The van der Waals surface area contributed by atoms with Crippen LogP contribution in [0.2, 0.25) is 0 Å². The van der Waals surface area contributed by atoms with E-state index in [1.54, 1.807) is 0 Å². The highest BCUT2D eigenvalue weighted by molar-refractivity contribution is 6.06. The van der Waals surface area contributed by atoms with E-state index >= 15 is 0 Å². The van der Waals surface area contributed by atoms with Gasteiger partial charge in [0.2, 0.25) is 0 Å². The van der Waals surface area contributed by atoms with Gasteiger partial charge in [-0.05, 0) is 86.0 Å². The summed E-state index contributed by atoms with van der Waals surface area (Å²) < 4.78 is 6.14. The molecular formula is C59H38N2O. The standard InChI is InChI=1S/C59H38N2O/c1-3-16-41(17-4-1)58-60-54(38-55(61-58)44-19-15-18-42(36-44)43-34-35-57-50(37-43)49-25-10-14-29-56(49)62-57)40-32-30-39(31-33-40)46-22-7-11-26-51(46)59(45-20-5-2-6-21-45)52-27-12-8-23-47(52)48-24-9-13-28-53(48)59/h1-38H. The molecule has 0 saturated carbocycles. The van der Waals surface area contributed by atoms with Crippen LogP contribution in [-0.4, -0.2) is 9.97 Å². The minimum Gasteiger partial charge on any atom is -0.456 e. The number of fused-ring (bicyclic) bond motifs is 6. The van der Waals surface area contributed by atoms with E-state index in [1.165, 1.54) is 38.9 Å². The Balaban J connectivity index is 0.969. The van der Waals surface area contributed by atoms with Gasteiger partial charge >= 0.3 is 0 Å². The smallest absolute Gasteiger partial charge is 0.160 e. The van der Waals surface area contributed by atoms with Crippen molar-refractivity contribution in [2.75, 3.05) is 0 Å². The second kappa shape index (κ2) is 14.5. The number of nitrogens with zero attached hydrogens (tertiary/aromatic N) is 2. The van der Waals surface area contributed by atoms with Gasteiger partial charge in [-0.2, -0.15) is 0 Å². The van der Waals surface area contributed by atoms with Crippen LogP contribution < -0.4 is 0 Å². The van der Waals surface area contributed by atoms with Gasteiger partial charge in [-0.15, -0.1) is 0 Å². The number of benzene rings is 9. The second-order valence-corrected chi connectivity index (χ2v) is 16.0. The molecule has 0 bridgehead atoms. The fourth-order valence-corrected chi connectivity index (χ4v) is 9.79. The highest BCUT2D eigenvalue weighted by Crippen LogP contribution is 2.57. The van der Waals surface area contributed by atoms with Gasteiger partial charge in [-0.1, -0.05) is 200 Å². The van der Waals surface area contributed by atoms with Crippen molar-refractivity contribution >= 4 is 21.9 Å². The van der Waals surface area contributed by atoms with Gasteiger partial charge < -0.3 is 4.42 Å². The highest BCUT2D eigenvalue weighted by atomic mass is 16.3. The third-order valence-corrected chi connectivity index (χ3v) is 12.6. The fraction of sp³-hybridized carbons (Fsp3) is 0.0169. The van der Waals surface area contributed by atoms with Crippen molar-refractivity contribution in [2.24, 2.45) is 0 Å². The van der Waals surface area contributed by atoms with Crippen LogP contribution in [0, 0.1) is 0 Å². The molecule has 62 heavy (non-hydrogen) atoms. The van der Waals surface area contributed by atoms with E-state index in [4.69, 9.17) is 14.4 Å². The van der Waals surface area contributed by atoms with E-state index in [2.05, 4.69) is 200 Å². The summed E-state index contributed by atoms with van der Waals surface area (Å²) in [5, 5.41) is 2.23. The summed E-state index contributed by atoms with van der Waals surface area (Å²) >= 11 is 0. The van der Waals surface area contributed by atoms with Crippen LogP contribution in [0.3, 0.4) is 0 Å². The summed E-state index contributed by atoms with van der Waals surface area (Å²) in [5.74, 6) is 0.688. The predicted molar refractivity (Wildman–Crippen MR) is 254 cm³/mol. The van der Waals surface area contributed by atoms with E-state index in [1.807, 2.05) is 30.3 Å². The molecule has 0 fully saturated rings. The Bertz CT molecular complexity index is 3410. The third-order valence-electron chi connectivity index (χ3n) is 12.6. The maximum atomic E-state index is 6.14. The zero-order chi connectivity index (χ0) is 41.0. The van der Waals surface area contributed by atoms with Gasteiger partial charge in [-0.3, -0.25) is 0 Å². The minimum atomic E-state index is -0.498. The van der Waals surface area contributed by atoms with E-state index in [0.29, 0.717) is 5.82 Å². The molecular weight excluding hydrogens is 753 g/mol. The normalized spacial score (nSPS) is 12.6. The quantitative estimate of drug-likeness (QED) is 0.161. The summed E-state index contributed by atoms with van der Waals surface area (Å²) in [6, 6.07) is 82.4. The maximum absolute atomic E-state index is 6.14. The first-order chi connectivity index (χ1) is 30.7. The summed E-state index contributed by atoms with van der Waals surface area (Å²) in [7, 11) is 0. The average Bonchev–Trinajstić information content (AvgIpc) is 3.88. The maximum Gasteiger partial charge on any atom is 0.160 e. The first-order valence-corrected chi connectivity index (χ1v) is 21.1. The first kappa shape index (κ1) is 35.8. The molecule has 290 valence electrons. The van der Waals surface area contributed by atoms with Gasteiger partial charge in [0.05, 0.1) is 16.8 Å². The molecule has 11 aromatic rings. The Morgan fingerprint density at radius 1 is 0.306 bits per heavy atom. The number of rotatable bonds is 7. The van der Waals surface area contributed by atoms with Crippen molar-refractivity contribution < 1.29 is 4.42 Å². The van der Waals surface area contributed by atoms with E-state index < -0.39 is 5.41 Å². The Kier molecular flexibility index (Phi) is 8.39. The van der Waals surface area contributed by atoms with Crippen LogP contribution >= 0.6 is 0 Å². The van der Waals surface area contributed by atoms with Crippen LogP contribution in [0.15, 0.2) is 235 Å². The van der Waals surface area contributed by atoms with Crippen LogP contribution in [0.25, 0.3) is 89.2 Å². The Morgan fingerprint density at radius 2 is 0.806 bits per heavy atom. The van der Waals surface area contributed by atoms with Crippen LogP contribution in [0.4, 0.5) is 0 Å². The van der Waals surface area contributed by atoms with Crippen molar-refractivity contribution in [1.82, 2.24) is 9.97 Å². The van der Waals surface area contributed by atoms with Gasteiger partial charge in [0.15, 0.2) is 5.82 Å². The molecule has 3 heteroatoms. The molecule has 0 saturated heterocycles. The number of aromatic nitrogens is 2. The van der Waals surface area contributed by atoms with Crippen LogP contribution in [-0.2, 0) is 5.41 Å². The lowest BCUT2D eigenvalue weighted by atomic mass is 9.66. The Hall–Kier alpha value is -8.14. The average molecular weight is 791 g/mol. The molecule has 3 nitrogen and oxygen atoms in total. The first-order valence-electron chi connectivity index (χ1n) is 21.1. The lowest BCUT2D eigenvalue weighted by Gasteiger charge is -2.35. The zero-order valence-electron chi connectivity index (χ0n) is 33.7. The van der Waals surface area contributed by atoms with Crippen LogP contribution in [0.1, 0.15) is 22.3 Å². The van der Waals surface area contributed by atoms with Crippen LogP contribution in [0.5, 0.6) is 0 Å². The SMILES string of the molecule is c1ccc(-c2nc(-c3ccc(-c4ccccc4C4(c5ccccc5)c5ccccc5-c5ccccc54)cc3)cc(-c3cccc(-c4ccc5oc6ccccc6c5c4)c3)n2)cc1.